The van der Waals surface area contributed by atoms with Crippen LogP contribution in [0, 0.1) is 0 Å². The molecule has 0 saturated carbocycles. The highest BCUT2D eigenvalue weighted by atomic mass is 16.3. The predicted octanol–water partition coefficient (Wildman–Crippen LogP) is 0.517. The van der Waals surface area contributed by atoms with E-state index in [1.807, 2.05) is 6.07 Å². The maximum absolute atomic E-state index is 11.9. The molecule has 5 heteroatoms. The zero-order valence-corrected chi connectivity index (χ0v) is 9.10. The number of hydrogen-bond acceptors (Lipinski definition) is 3. The minimum absolute atomic E-state index is 0.0490. The van der Waals surface area contributed by atoms with Crippen molar-refractivity contribution < 1.29 is 14.0 Å². The normalized spacial score (nSPS) is 21.8. The van der Waals surface area contributed by atoms with Gasteiger partial charge < -0.3 is 14.6 Å². The summed E-state index contributed by atoms with van der Waals surface area (Å²) in [5.41, 5.74) is 0.940. The molecule has 1 aliphatic rings. The molecule has 1 N–H and O–H groups in total. The average molecular weight is 222 g/mol. The van der Waals surface area contributed by atoms with Crippen molar-refractivity contribution >= 4 is 11.8 Å². The van der Waals surface area contributed by atoms with Crippen molar-refractivity contribution in [3.63, 3.8) is 0 Å². The molecule has 1 fully saturated rings. The number of rotatable bonds is 2. The van der Waals surface area contributed by atoms with Crippen LogP contribution >= 0.6 is 0 Å². The predicted molar refractivity (Wildman–Crippen MR) is 56.3 cm³/mol. The van der Waals surface area contributed by atoms with E-state index in [1.165, 1.54) is 0 Å². The first-order valence-corrected chi connectivity index (χ1v) is 5.26. The molecule has 0 spiro atoms. The number of hydrogen-bond donors (Lipinski definition) is 1. The van der Waals surface area contributed by atoms with Crippen molar-refractivity contribution in [3.8, 4) is 0 Å². The topological polar surface area (TPSA) is 62.6 Å². The summed E-state index contributed by atoms with van der Waals surface area (Å²) in [6.45, 7) is 2.66. The van der Waals surface area contributed by atoms with E-state index in [2.05, 4.69) is 5.32 Å². The Morgan fingerprint density at radius 3 is 3.06 bits per heavy atom. The van der Waals surface area contributed by atoms with Gasteiger partial charge in [-0.25, -0.2) is 0 Å². The summed E-state index contributed by atoms with van der Waals surface area (Å²) in [7, 11) is 0. The van der Waals surface area contributed by atoms with Gasteiger partial charge in [0.2, 0.25) is 11.8 Å². The molecule has 2 rings (SSSR count). The number of amides is 2. The van der Waals surface area contributed by atoms with Gasteiger partial charge in [0, 0.05) is 25.1 Å². The van der Waals surface area contributed by atoms with Gasteiger partial charge in [-0.05, 0) is 13.0 Å². The molecular weight excluding hydrogens is 208 g/mol. The van der Waals surface area contributed by atoms with Crippen LogP contribution < -0.4 is 5.32 Å². The molecule has 1 aromatic rings. The van der Waals surface area contributed by atoms with E-state index in [4.69, 9.17) is 4.42 Å². The Labute approximate surface area is 93.4 Å². The van der Waals surface area contributed by atoms with Crippen molar-refractivity contribution in [2.45, 2.75) is 25.9 Å². The largest absolute Gasteiger partial charge is 0.472 e. The summed E-state index contributed by atoms with van der Waals surface area (Å²) < 4.78 is 4.95. The highest BCUT2D eigenvalue weighted by Crippen LogP contribution is 2.10. The lowest BCUT2D eigenvalue weighted by atomic mass is 10.2. The molecule has 0 aromatic carbocycles. The molecule has 1 unspecified atom stereocenters. The molecule has 2 amide bonds. The average Bonchev–Trinajstić information content (AvgIpc) is 2.71. The van der Waals surface area contributed by atoms with Gasteiger partial charge in [-0.1, -0.05) is 0 Å². The highest BCUT2D eigenvalue weighted by molar-refractivity contribution is 5.89. The molecule has 0 bridgehead atoms. The first kappa shape index (κ1) is 10.7. The minimum Gasteiger partial charge on any atom is -0.472 e. The zero-order valence-electron chi connectivity index (χ0n) is 9.10. The Morgan fingerprint density at radius 2 is 2.38 bits per heavy atom. The van der Waals surface area contributed by atoms with E-state index < -0.39 is 6.04 Å². The molecule has 2 heterocycles. The van der Waals surface area contributed by atoms with E-state index in [1.54, 1.807) is 24.3 Å². The van der Waals surface area contributed by atoms with Gasteiger partial charge in [0.25, 0.3) is 0 Å². The second kappa shape index (κ2) is 4.38. The van der Waals surface area contributed by atoms with Crippen LogP contribution in [0.15, 0.2) is 23.0 Å². The van der Waals surface area contributed by atoms with Gasteiger partial charge in [-0.2, -0.15) is 0 Å². The molecule has 1 atom stereocenters. The van der Waals surface area contributed by atoms with Gasteiger partial charge in [0.15, 0.2) is 0 Å². The maximum Gasteiger partial charge on any atom is 0.245 e. The Bertz CT molecular complexity index is 386. The summed E-state index contributed by atoms with van der Waals surface area (Å²) in [6.07, 6.45) is 3.54. The number of carbonyl (C=O) groups excluding carboxylic acids is 2. The van der Waals surface area contributed by atoms with Crippen LogP contribution in [0.3, 0.4) is 0 Å². The fourth-order valence-electron chi connectivity index (χ4n) is 1.76. The Hall–Kier alpha value is -1.78. The monoisotopic (exact) mass is 222 g/mol. The molecule has 1 saturated heterocycles. The molecular formula is C11H14N2O3. The second-order valence-corrected chi connectivity index (χ2v) is 3.93. The zero-order chi connectivity index (χ0) is 11.5. The number of nitrogens with zero attached hydrogens (tertiary/aromatic N) is 1. The molecule has 1 aromatic heterocycles. The summed E-state index contributed by atoms with van der Waals surface area (Å²) in [5, 5.41) is 2.65. The van der Waals surface area contributed by atoms with Gasteiger partial charge in [-0.15, -0.1) is 0 Å². The van der Waals surface area contributed by atoms with E-state index in [0.717, 1.165) is 5.56 Å². The van der Waals surface area contributed by atoms with Gasteiger partial charge in [0.05, 0.1) is 12.5 Å². The first-order valence-electron chi connectivity index (χ1n) is 5.26. The van der Waals surface area contributed by atoms with Crippen molar-refractivity contribution in [1.29, 1.82) is 0 Å². The molecule has 86 valence electrons. The molecule has 0 aliphatic carbocycles. The molecule has 1 aliphatic heterocycles. The lowest BCUT2D eigenvalue weighted by Crippen LogP contribution is -2.42. The summed E-state index contributed by atoms with van der Waals surface area (Å²) in [6, 6.07) is 1.37. The van der Waals surface area contributed by atoms with E-state index in [9.17, 15) is 9.59 Å². The smallest absolute Gasteiger partial charge is 0.245 e. The van der Waals surface area contributed by atoms with Crippen LogP contribution in [0.25, 0.3) is 0 Å². The summed E-state index contributed by atoms with van der Waals surface area (Å²) in [4.78, 5) is 24.9. The SMILES string of the molecule is CC1NC(=O)CCN(Cc2ccoc2)C1=O. The van der Waals surface area contributed by atoms with Crippen LogP contribution in [0.4, 0.5) is 0 Å². The standard InChI is InChI=1S/C11H14N2O3/c1-8-11(15)13(4-2-10(14)12-8)6-9-3-5-16-7-9/h3,5,7-8H,2,4,6H2,1H3,(H,12,14). The van der Waals surface area contributed by atoms with Crippen LogP contribution in [0.2, 0.25) is 0 Å². The quantitative estimate of drug-likeness (QED) is 0.793. The van der Waals surface area contributed by atoms with Crippen LogP contribution in [0.1, 0.15) is 18.9 Å². The number of nitrogens with one attached hydrogen (secondary N) is 1. The van der Waals surface area contributed by atoms with E-state index >= 15 is 0 Å². The Balaban J connectivity index is 2.08. The molecule has 0 radical (unpaired) electrons. The van der Waals surface area contributed by atoms with Gasteiger partial charge in [0.1, 0.15) is 6.04 Å². The first-order chi connectivity index (χ1) is 7.66. The van der Waals surface area contributed by atoms with Crippen molar-refractivity contribution in [1.82, 2.24) is 10.2 Å². The minimum atomic E-state index is -0.443. The third-order valence-corrected chi connectivity index (χ3v) is 2.62. The fraction of sp³-hybridized carbons (Fsp3) is 0.455. The van der Waals surface area contributed by atoms with E-state index in [0.29, 0.717) is 19.5 Å². The number of furan rings is 1. The van der Waals surface area contributed by atoms with Gasteiger partial charge >= 0.3 is 0 Å². The lowest BCUT2D eigenvalue weighted by molar-refractivity contribution is -0.133. The summed E-state index contributed by atoms with van der Waals surface area (Å²) >= 11 is 0. The second-order valence-electron chi connectivity index (χ2n) is 3.93. The number of carbonyl (C=O) groups is 2. The fourth-order valence-corrected chi connectivity index (χ4v) is 1.76. The third kappa shape index (κ3) is 2.24. The van der Waals surface area contributed by atoms with Crippen molar-refractivity contribution in [3.05, 3.63) is 24.2 Å². The van der Waals surface area contributed by atoms with Crippen molar-refractivity contribution in [2.24, 2.45) is 0 Å². The maximum atomic E-state index is 11.9. The third-order valence-electron chi connectivity index (χ3n) is 2.62. The summed E-state index contributed by atoms with van der Waals surface area (Å²) in [5.74, 6) is -0.123. The Kier molecular flexibility index (Phi) is 2.94. The van der Waals surface area contributed by atoms with Crippen LogP contribution in [-0.4, -0.2) is 29.3 Å². The van der Waals surface area contributed by atoms with E-state index in [-0.39, 0.29) is 11.8 Å². The molecule has 16 heavy (non-hydrogen) atoms. The molecule has 5 nitrogen and oxygen atoms in total. The Morgan fingerprint density at radius 1 is 1.56 bits per heavy atom. The lowest BCUT2D eigenvalue weighted by Gasteiger charge is -2.21. The van der Waals surface area contributed by atoms with Crippen molar-refractivity contribution in [2.75, 3.05) is 6.54 Å². The highest BCUT2D eigenvalue weighted by Gasteiger charge is 2.26. The van der Waals surface area contributed by atoms with Crippen LogP contribution in [-0.2, 0) is 16.1 Å². The van der Waals surface area contributed by atoms with Gasteiger partial charge in [-0.3, -0.25) is 9.59 Å². The van der Waals surface area contributed by atoms with Crippen LogP contribution in [0.5, 0.6) is 0 Å².